The molecule has 4 atom stereocenters. The maximum atomic E-state index is 10.1. The summed E-state index contributed by atoms with van der Waals surface area (Å²) in [5.74, 6) is 0. The van der Waals surface area contributed by atoms with Gasteiger partial charge >= 0.3 is 0 Å². The second-order valence-electron chi connectivity index (χ2n) is 6.21. The van der Waals surface area contributed by atoms with E-state index in [9.17, 15) is 10.2 Å². The average Bonchev–Trinajstić information content (AvgIpc) is 1.93. The normalized spacial score (nSPS) is 61.2. The highest BCUT2D eigenvalue weighted by Crippen LogP contribution is 2.60. The molecule has 0 aliphatic heterocycles. The van der Waals surface area contributed by atoms with Gasteiger partial charge in [0.05, 0.1) is 11.7 Å². The molecule has 13 heavy (non-hydrogen) atoms. The van der Waals surface area contributed by atoms with E-state index in [-0.39, 0.29) is 16.9 Å². The van der Waals surface area contributed by atoms with Gasteiger partial charge in [-0.1, -0.05) is 13.8 Å². The third kappa shape index (κ3) is 1.40. The Morgan fingerprint density at radius 3 is 2.23 bits per heavy atom. The number of aliphatic hydroxyl groups is 2. The number of hydrogen-bond donors (Lipinski definition) is 2. The molecular formula is C11H20O2. The minimum atomic E-state index is -0.570. The molecule has 0 aromatic carbocycles. The van der Waals surface area contributed by atoms with Gasteiger partial charge in [-0.3, -0.25) is 0 Å². The molecule has 2 bridgehead atoms. The van der Waals surface area contributed by atoms with Crippen LogP contribution >= 0.6 is 0 Å². The zero-order chi connectivity index (χ0) is 9.91. The summed E-state index contributed by atoms with van der Waals surface area (Å²) in [4.78, 5) is 0. The minimum absolute atomic E-state index is 0.0451. The third-order valence-electron chi connectivity index (χ3n) is 3.91. The van der Waals surface area contributed by atoms with Crippen molar-refractivity contribution >= 4 is 0 Å². The lowest BCUT2D eigenvalue weighted by molar-refractivity contribution is -0.0682. The molecule has 0 radical (unpaired) electrons. The third-order valence-corrected chi connectivity index (χ3v) is 3.91. The van der Waals surface area contributed by atoms with Gasteiger partial charge in [-0.2, -0.15) is 0 Å². The highest BCUT2D eigenvalue weighted by molar-refractivity contribution is 5.08. The molecule has 2 fully saturated rings. The van der Waals surface area contributed by atoms with Crippen LogP contribution in [0.2, 0.25) is 0 Å². The maximum absolute atomic E-state index is 10.1. The molecular weight excluding hydrogens is 164 g/mol. The van der Waals surface area contributed by atoms with Crippen LogP contribution in [0.15, 0.2) is 0 Å². The first-order valence-corrected chi connectivity index (χ1v) is 5.15. The Morgan fingerprint density at radius 2 is 1.69 bits per heavy atom. The summed E-state index contributed by atoms with van der Waals surface area (Å²) in [5.41, 5.74) is -0.453. The van der Waals surface area contributed by atoms with E-state index >= 15 is 0 Å². The van der Waals surface area contributed by atoms with Crippen molar-refractivity contribution in [3.8, 4) is 0 Å². The van der Waals surface area contributed by atoms with Crippen LogP contribution in [0.3, 0.4) is 0 Å². The van der Waals surface area contributed by atoms with Crippen molar-refractivity contribution in [1.29, 1.82) is 0 Å². The number of fused-ring (bicyclic) bond motifs is 2. The van der Waals surface area contributed by atoms with Crippen molar-refractivity contribution < 1.29 is 10.2 Å². The van der Waals surface area contributed by atoms with Crippen LogP contribution < -0.4 is 0 Å². The maximum Gasteiger partial charge on any atom is 0.0631 e. The fourth-order valence-electron chi connectivity index (χ4n) is 4.05. The molecule has 2 aliphatic rings. The lowest BCUT2D eigenvalue weighted by Crippen LogP contribution is -2.42. The summed E-state index contributed by atoms with van der Waals surface area (Å²) < 4.78 is 0. The summed E-state index contributed by atoms with van der Waals surface area (Å²) in [5, 5.41) is 20.0. The predicted octanol–water partition coefficient (Wildman–Crippen LogP) is 1.70. The standard InChI is InChI=1S/C11H20O2/c1-9-4-8(12)10(2,5-9)7-11(3,13)6-9/h8,12-13H,4-7H2,1-3H3. The van der Waals surface area contributed by atoms with Crippen molar-refractivity contribution in [2.75, 3.05) is 0 Å². The van der Waals surface area contributed by atoms with Crippen molar-refractivity contribution in [1.82, 2.24) is 0 Å². The van der Waals surface area contributed by atoms with E-state index in [1.165, 1.54) is 0 Å². The molecule has 2 saturated carbocycles. The van der Waals surface area contributed by atoms with Gasteiger partial charge in [-0.15, -0.1) is 0 Å². The first-order valence-electron chi connectivity index (χ1n) is 5.15. The van der Waals surface area contributed by atoms with Gasteiger partial charge in [0, 0.05) is 0 Å². The number of aliphatic hydroxyl groups excluding tert-OH is 1. The smallest absolute Gasteiger partial charge is 0.0631 e. The fraction of sp³-hybridized carbons (Fsp3) is 1.00. The second-order valence-corrected chi connectivity index (χ2v) is 6.21. The van der Waals surface area contributed by atoms with E-state index in [0.29, 0.717) is 0 Å². The topological polar surface area (TPSA) is 40.5 Å². The van der Waals surface area contributed by atoms with Crippen LogP contribution in [0.25, 0.3) is 0 Å². The summed E-state index contributed by atoms with van der Waals surface area (Å²) in [6.07, 6.45) is 3.30. The van der Waals surface area contributed by atoms with E-state index in [0.717, 1.165) is 25.7 Å². The van der Waals surface area contributed by atoms with Crippen molar-refractivity contribution in [2.24, 2.45) is 10.8 Å². The van der Waals surface area contributed by atoms with Crippen LogP contribution in [0, 0.1) is 10.8 Å². The van der Waals surface area contributed by atoms with Crippen LogP contribution in [0.5, 0.6) is 0 Å². The van der Waals surface area contributed by atoms with E-state index in [1.54, 1.807) is 0 Å². The highest BCUT2D eigenvalue weighted by atomic mass is 16.3. The molecule has 0 spiro atoms. The van der Waals surface area contributed by atoms with E-state index < -0.39 is 5.60 Å². The van der Waals surface area contributed by atoms with Crippen LogP contribution in [0.4, 0.5) is 0 Å². The van der Waals surface area contributed by atoms with Gasteiger partial charge in [0.2, 0.25) is 0 Å². The summed E-state index contributed by atoms with van der Waals surface area (Å²) in [6.45, 7) is 6.20. The van der Waals surface area contributed by atoms with Crippen LogP contribution in [0.1, 0.15) is 46.5 Å². The average molecular weight is 184 g/mol. The first kappa shape index (κ1) is 9.47. The molecule has 0 aromatic rings. The molecule has 0 heterocycles. The highest BCUT2D eigenvalue weighted by Gasteiger charge is 2.57. The van der Waals surface area contributed by atoms with Crippen LogP contribution in [-0.4, -0.2) is 21.9 Å². The summed E-state index contributed by atoms with van der Waals surface area (Å²) in [6, 6.07) is 0. The Balaban J connectivity index is 2.32. The fourth-order valence-corrected chi connectivity index (χ4v) is 4.05. The van der Waals surface area contributed by atoms with Gasteiger partial charge in [-0.25, -0.2) is 0 Å². The largest absolute Gasteiger partial charge is 0.393 e. The molecule has 0 amide bonds. The zero-order valence-electron chi connectivity index (χ0n) is 8.80. The quantitative estimate of drug-likeness (QED) is 0.601. The van der Waals surface area contributed by atoms with Crippen molar-refractivity contribution in [3.05, 3.63) is 0 Å². The Kier molecular flexibility index (Phi) is 1.67. The van der Waals surface area contributed by atoms with Gasteiger partial charge in [0.25, 0.3) is 0 Å². The molecule has 2 heteroatoms. The molecule has 2 rings (SSSR count). The molecule has 0 saturated heterocycles. The lowest BCUT2D eigenvalue weighted by atomic mass is 9.64. The van der Waals surface area contributed by atoms with E-state index in [1.807, 2.05) is 6.92 Å². The molecule has 0 aromatic heterocycles. The Hall–Kier alpha value is -0.0800. The molecule has 4 unspecified atom stereocenters. The Labute approximate surface area is 80.0 Å². The Bertz CT molecular complexity index is 232. The van der Waals surface area contributed by atoms with E-state index in [4.69, 9.17) is 0 Å². The van der Waals surface area contributed by atoms with Crippen molar-refractivity contribution in [3.63, 3.8) is 0 Å². The minimum Gasteiger partial charge on any atom is -0.393 e. The number of rotatable bonds is 0. The van der Waals surface area contributed by atoms with E-state index in [2.05, 4.69) is 13.8 Å². The number of hydrogen-bond acceptors (Lipinski definition) is 2. The molecule has 2 nitrogen and oxygen atoms in total. The SMILES string of the molecule is CC1(O)CC2(C)CC(O)C(C)(C1)C2. The second kappa shape index (κ2) is 2.29. The zero-order valence-corrected chi connectivity index (χ0v) is 8.80. The molecule has 76 valence electrons. The summed E-state index contributed by atoms with van der Waals surface area (Å²) in [7, 11) is 0. The Morgan fingerprint density at radius 1 is 1.08 bits per heavy atom. The van der Waals surface area contributed by atoms with Gasteiger partial charge in [-0.05, 0) is 43.4 Å². The van der Waals surface area contributed by atoms with Crippen molar-refractivity contribution in [2.45, 2.75) is 58.2 Å². The molecule has 2 aliphatic carbocycles. The van der Waals surface area contributed by atoms with Crippen LogP contribution in [-0.2, 0) is 0 Å². The summed E-state index contributed by atoms with van der Waals surface area (Å²) >= 11 is 0. The van der Waals surface area contributed by atoms with Gasteiger partial charge in [0.1, 0.15) is 0 Å². The molecule has 2 N–H and O–H groups in total. The van der Waals surface area contributed by atoms with Gasteiger partial charge in [0.15, 0.2) is 0 Å². The monoisotopic (exact) mass is 184 g/mol. The van der Waals surface area contributed by atoms with Gasteiger partial charge < -0.3 is 10.2 Å². The first-order chi connectivity index (χ1) is 5.75. The predicted molar refractivity (Wildman–Crippen MR) is 51.3 cm³/mol. The lowest BCUT2D eigenvalue weighted by Gasteiger charge is -2.44.